The van der Waals surface area contributed by atoms with Gasteiger partial charge in [-0.05, 0) is 32.6 Å². The maximum Gasteiger partial charge on any atom is 0.223 e. The predicted octanol–water partition coefficient (Wildman–Crippen LogP) is 0.657. The first kappa shape index (κ1) is 12.5. The van der Waals surface area contributed by atoms with Gasteiger partial charge in [0.15, 0.2) is 0 Å². The molecule has 0 spiro atoms. The number of nitrogens with one attached hydrogen (secondary N) is 1. The Morgan fingerprint density at radius 1 is 1.53 bits per heavy atom. The van der Waals surface area contributed by atoms with Crippen LogP contribution < -0.4 is 11.1 Å². The number of amides is 1. The normalized spacial score (nSPS) is 19.9. The molecule has 0 saturated carbocycles. The molecular weight excluding hydrogens is 192 g/mol. The lowest BCUT2D eigenvalue weighted by Crippen LogP contribution is -2.35. The number of carbonyl (C=O) groups is 1. The lowest BCUT2D eigenvalue weighted by atomic mass is 9.99. The molecular formula is C11H22N2O2. The molecule has 0 aliphatic carbocycles. The number of hydrogen-bond donors (Lipinski definition) is 2. The topological polar surface area (TPSA) is 64.3 Å². The van der Waals surface area contributed by atoms with E-state index >= 15 is 0 Å². The third-order valence-electron chi connectivity index (χ3n) is 2.73. The minimum absolute atomic E-state index is 0.161. The van der Waals surface area contributed by atoms with Crippen molar-refractivity contribution < 1.29 is 9.53 Å². The number of hydrogen-bond acceptors (Lipinski definition) is 3. The zero-order chi connectivity index (χ0) is 11.1. The van der Waals surface area contributed by atoms with Gasteiger partial charge >= 0.3 is 0 Å². The molecule has 1 fully saturated rings. The van der Waals surface area contributed by atoms with Crippen LogP contribution >= 0.6 is 0 Å². The summed E-state index contributed by atoms with van der Waals surface area (Å²) in [6, 6.07) is 0.227. The van der Waals surface area contributed by atoms with E-state index in [1.165, 1.54) is 0 Å². The number of carbonyl (C=O) groups excluding carboxylic acids is 1. The van der Waals surface area contributed by atoms with E-state index in [4.69, 9.17) is 10.5 Å². The van der Waals surface area contributed by atoms with E-state index in [0.717, 1.165) is 45.4 Å². The van der Waals surface area contributed by atoms with Crippen LogP contribution in [0.15, 0.2) is 0 Å². The zero-order valence-electron chi connectivity index (χ0n) is 9.50. The molecule has 1 amide bonds. The monoisotopic (exact) mass is 214 g/mol. The molecule has 0 radical (unpaired) electrons. The standard InChI is InChI=1S/C11H22N2O2/c1-9(12)3-2-6-13-11(14)10-4-7-15-8-5-10/h9-10H,2-8,12H2,1H3,(H,13,14). The summed E-state index contributed by atoms with van der Waals surface area (Å²) in [6.45, 7) is 4.17. The number of ether oxygens (including phenoxy) is 1. The number of rotatable bonds is 5. The quantitative estimate of drug-likeness (QED) is 0.661. The molecule has 0 aromatic carbocycles. The lowest BCUT2D eigenvalue weighted by molar-refractivity contribution is -0.127. The van der Waals surface area contributed by atoms with Gasteiger partial charge in [-0.1, -0.05) is 0 Å². The molecule has 1 heterocycles. The third kappa shape index (κ3) is 5.14. The van der Waals surface area contributed by atoms with Gasteiger partial charge in [0.1, 0.15) is 0 Å². The Morgan fingerprint density at radius 3 is 2.80 bits per heavy atom. The van der Waals surface area contributed by atoms with Crippen LogP contribution in [0.1, 0.15) is 32.6 Å². The van der Waals surface area contributed by atoms with Crippen molar-refractivity contribution in [2.75, 3.05) is 19.8 Å². The first-order chi connectivity index (χ1) is 7.20. The Kier molecular flexibility index (Phi) is 5.65. The van der Waals surface area contributed by atoms with Crippen LogP contribution in [-0.2, 0) is 9.53 Å². The first-order valence-corrected chi connectivity index (χ1v) is 5.81. The smallest absolute Gasteiger partial charge is 0.223 e. The van der Waals surface area contributed by atoms with Crippen molar-refractivity contribution in [1.29, 1.82) is 0 Å². The zero-order valence-corrected chi connectivity index (χ0v) is 9.50. The van der Waals surface area contributed by atoms with Crippen molar-refractivity contribution in [3.05, 3.63) is 0 Å². The first-order valence-electron chi connectivity index (χ1n) is 5.81. The van der Waals surface area contributed by atoms with Gasteiger partial charge in [-0.25, -0.2) is 0 Å². The minimum Gasteiger partial charge on any atom is -0.381 e. The Hall–Kier alpha value is -0.610. The van der Waals surface area contributed by atoms with Gasteiger partial charge < -0.3 is 15.8 Å². The molecule has 1 saturated heterocycles. The summed E-state index contributed by atoms with van der Waals surface area (Å²) in [6.07, 6.45) is 3.65. The van der Waals surface area contributed by atoms with Crippen LogP contribution in [0.3, 0.4) is 0 Å². The molecule has 0 aromatic rings. The average molecular weight is 214 g/mol. The van der Waals surface area contributed by atoms with Gasteiger partial charge in [0.05, 0.1) is 0 Å². The highest BCUT2D eigenvalue weighted by atomic mass is 16.5. The predicted molar refractivity (Wildman–Crippen MR) is 59.4 cm³/mol. The molecule has 1 atom stereocenters. The van der Waals surface area contributed by atoms with Gasteiger partial charge in [0.25, 0.3) is 0 Å². The highest BCUT2D eigenvalue weighted by Gasteiger charge is 2.20. The molecule has 1 aliphatic rings. The van der Waals surface area contributed by atoms with Gasteiger partial charge in [0, 0.05) is 31.7 Å². The lowest BCUT2D eigenvalue weighted by Gasteiger charge is -2.21. The van der Waals surface area contributed by atoms with Crippen LogP contribution in [0.5, 0.6) is 0 Å². The molecule has 1 aliphatic heterocycles. The summed E-state index contributed by atoms with van der Waals surface area (Å²) in [7, 11) is 0. The highest BCUT2D eigenvalue weighted by Crippen LogP contribution is 2.14. The van der Waals surface area contributed by atoms with Crippen molar-refractivity contribution in [1.82, 2.24) is 5.32 Å². The molecule has 15 heavy (non-hydrogen) atoms. The summed E-state index contributed by atoms with van der Waals surface area (Å²) in [5.41, 5.74) is 5.62. The van der Waals surface area contributed by atoms with E-state index in [2.05, 4.69) is 5.32 Å². The fraction of sp³-hybridized carbons (Fsp3) is 0.909. The van der Waals surface area contributed by atoms with Crippen LogP contribution in [-0.4, -0.2) is 31.7 Å². The van der Waals surface area contributed by atoms with Gasteiger partial charge in [0.2, 0.25) is 5.91 Å². The Morgan fingerprint density at radius 2 is 2.20 bits per heavy atom. The van der Waals surface area contributed by atoms with Crippen molar-refractivity contribution in [2.45, 2.75) is 38.6 Å². The van der Waals surface area contributed by atoms with E-state index in [9.17, 15) is 4.79 Å². The summed E-state index contributed by atoms with van der Waals surface area (Å²) in [5.74, 6) is 0.344. The Balaban J connectivity index is 2.07. The Labute approximate surface area is 91.5 Å². The van der Waals surface area contributed by atoms with E-state index in [1.807, 2.05) is 6.92 Å². The van der Waals surface area contributed by atoms with Gasteiger partial charge in [-0.2, -0.15) is 0 Å². The van der Waals surface area contributed by atoms with E-state index in [0.29, 0.717) is 0 Å². The largest absolute Gasteiger partial charge is 0.381 e. The maximum absolute atomic E-state index is 11.6. The minimum atomic E-state index is 0.161. The fourth-order valence-electron chi connectivity index (χ4n) is 1.74. The highest BCUT2D eigenvalue weighted by molar-refractivity contribution is 5.78. The van der Waals surface area contributed by atoms with Gasteiger partial charge in [-0.15, -0.1) is 0 Å². The summed E-state index contributed by atoms with van der Waals surface area (Å²) in [5, 5.41) is 2.96. The van der Waals surface area contributed by atoms with E-state index in [-0.39, 0.29) is 17.9 Å². The average Bonchev–Trinajstić information content (AvgIpc) is 2.25. The van der Waals surface area contributed by atoms with Crippen molar-refractivity contribution in [3.8, 4) is 0 Å². The van der Waals surface area contributed by atoms with Crippen LogP contribution in [0, 0.1) is 5.92 Å². The maximum atomic E-state index is 11.6. The molecule has 0 aromatic heterocycles. The van der Waals surface area contributed by atoms with Crippen LogP contribution in [0.4, 0.5) is 0 Å². The second-order valence-electron chi connectivity index (χ2n) is 4.30. The summed E-state index contributed by atoms with van der Waals surface area (Å²) >= 11 is 0. The third-order valence-corrected chi connectivity index (χ3v) is 2.73. The SMILES string of the molecule is CC(N)CCCNC(=O)C1CCOCC1. The summed E-state index contributed by atoms with van der Waals surface area (Å²) in [4.78, 5) is 11.6. The molecule has 0 bridgehead atoms. The molecule has 1 rings (SSSR count). The van der Waals surface area contributed by atoms with Crippen molar-refractivity contribution in [2.24, 2.45) is 11.7 Å². The molecule has 88 valence electrons. The van der Waals surface area contributed by atoms with E-state index < -0.39 is 0 Å². The van der Waals surface area contributed by atoms with Crippen LogP contribution in [0.25, 0.3) is 0 Å². The van der Waals surface area contributed by atoms with Gasteiger partial charge in [-0.3, -0.25) is 4.79 Å². The molecule has 4 nitrogen and oxygen atoms in total. The van der Waals surface area contributed by atoms with Crippen molar-refractivity contribution in [3.63, 3.8) is 0 Å². The van der Waals surface area contributed by atoms with Crippen molar-refractivity contribution >= 4 is 5.91 Å². The van der Waals surface area contributed by atoms with E-state index in [1.54, 1.807) is 0 Å². The fourth-order valence-corrected chi connectivity index (χ4v) is 1.74. The summed E-state index contributed by atoms with van der Waals surface area (Å²) < 4.78 is 5.21. The second kappa shape index (κ2) is 6.80. The molecule has 1 unspecified atom stereocenters. The molecule has 3 N–H and O–H groups in total. The molecule has 4 heteroatoms. The number of nitrogens with two attached hydrogens (primary N) is 1. The Bertz CT molecular complexity index is 189. The van der Waals surface area contributed by atoms with Crippen LogP contribution in [0.2, 0.25) is 0 Å². The second-order valence-corrected chi connectivity index (χ2v) is 4.30.